The minimum absolute atomic E-state index is 0.0248. The molecule has 158 valence electrons. The van der Waals surface area contributed by atoms with Gasteiger partial charge < -0.3 is 14.8 Å². The molecule has 8 nitrogen and oxygen atoms in total. The molecule has 3 amide bonds. The van der Waals surface area contributed by atoms with Gasteiger partial charge in [0.25, 0.3) is 5.91 Å². The van der Waals surface area contributed by atoms with E-state index in [9.17, 15) is 14.4 Å². The highest BCUT2D eigenvalue weighted by Gasteiger charge is 2.42. The van der Waals surface area contributed by atoms with E-state index in [1.807, 2.05) is 0 Å². The molecule has 0 aliphatic carbocycles. The van der Waals surface area contributed by atoms with Crippen molar-refractivity contribution in [2.24, 2.45) is 0 Å². The largest absolute Gasteiger partial charge is 0.493 e. The topological polar surface area (TPSA) is 88.2 Å². The molecule has 2 aromatic rings. The summed E-state index contributed by atoms with van der Waals surface area (Å²) in [5, 5.41) is 3.13. The molecular weight excluding hydrogens is 410 g/mol. The SMILES string of the molecule is COc1ccc(N2C(=O)C[C@@H](N(C)CC(=O)Nc3ccccc3Cl)C2=O)cc1OC. The van der Waals surface area contributed by atoms with Crippen molar-refractivity contribution in [3.8, 4) is 11.5 Å². The number of ether oxygens (including phenoxy) is 2. The smallest absolute Gasteiger partial charge is 0.251 e. The molecule has 1 saturated heterocycles. The van der Waals surface area contributed by atoms with Gasteiger partial charge in [-0.05, 0) is 31.3 Å². The van der Waals surface area contributed by atoms with Crippen molar-refractivity contribution in [2.45, 2.75) is 12.5 Å². The van der Waals surface area contributed by atoms with Crippen LogP contribution >= 0.6 is 11.6 Å². The molecule has 1 aliphatic rings. The van der Waals surface area contributed by atoms with Gasteiger partial charge in [0.05, 0.1) is 49.6 Å². The monoisotopic (exact) mass is 431 g/mol. The Labute approximate surface area is 179 Å². The molecular formula is C21H22ClN3O5. The molecule has 30 heavy (non-hydrogen) atoms. The number of para-hydroxylation sites is 1. The van der Waals surface area contributed by atoms with E-state index in [4.69, 9.17) is 21.1 Å². The van der Waals surface area contributed by atoms with Gasteiger partial charge in [-0.1, -0.05) is 23.7 Å². The second-order valence-electron chi connectivity index (χ2n) is 6.77. The predicted molar refractivity (Wildman–Crippen MR) is 113 cm³/mol. The van der Waals surface area contributed by atoms with Crippen LogP contribution in [0.4, 0.5) is 11.4 Å². The lowest BCUT2D eigenvalue weighted by atomic mass is 10.2. The molecule has 1 fully saturated rings. The Hall–Kier alpha value is -3.10. The third-order valence-corrected chi connectivity index (χ3v) is 5.15. The number of halogens is 1. The molecule has 9 heteroatoms. The van der Waals surface area contributed by atoms with Crippen LogP contribution in [0.3, 0.4) is 0 Å². The molecule has 1 N–H and O–H groups in total. The average Bonchev–Trinajstić information content (AvgIpc) is 3.03. The summed E-state index contributed by atoms with van der Waals surface area (Å²) < 4.78 is 10.4. The van der Waals surface area contributed by atoms with Crippen LogP contribution in [-0.4, -0.2) is 56.5 Å². The number of anilines is 2. The summed E-state index contributed by atoms with van der Waals surface area (Å²) in [6, 6.07) is 10.9. The van der Waals surface area contributed by atoms with Crippen molar-refractivity contribution in [2.75, 3.05) is 38.0 Å². The Morgan fingerprint density at radius 1 is 1.17 bits per heavy atom. The first-order valence-corrected chi connectivity index (χ1v) is 9.57. The third-order valence-electron chi connectivity index (χ3n) is 4.82. The zero-order chi connectivity index (χ0) is 21.8. The molecule has 0 radical (unpaired) electrons. The summed E-state index contributed by atoms with van der Waals surface area (Å²) in [4.78, 5) is 40.5. The summed E-state index contributed by atoms with van der Waals surface area (Å²) in [5.41, 5.74) is 0.873. The number of rotatable bonds is 7. The normalized spacial score (nSPS) is 16.2. The maximum atomic E-state index is 12.9. The highest BCUT2D eigenvalue weighted by Crippen LogP contribution is 2.34. The van der Waals surface area contributed by atoms with Gasteiger partial charge in [-0.25, -0.2) is 4.90 Å². The first kappa shape index (κ1) is 21.6. The number of nitrogens with zero attached hydrogens (tertiary/aromatic N) is 2. The van der Waals surface area contributed by atoms with Gasteiger partial charge in [-0.15, -0.1) is 0 Å². The third kappa shape index (κ3) is 4.39. The lowest BCUT2D eigenvalue weighted by molar-refractivity contribution is -0.123. The lowest BCUT2D eigenvalue weighted by Crippen LogP contribution is -2.43. The van der Waals surface area contributed by atoms with Crippen molar-refractivity contribution in [3.05, 3.63) is 47.5 Å². The summed E-state index contributed by atoms with van der Waals surface area (Å²) in [7, 11) is 4.60. The summed E-state index contributed by atoms with van der Waals surface area (Å²) in [6.45, 7) is -0.0747. The maximum Gasteiger partial charge on any atom is 0.251 e. The number of hydrogen-bond acceptors (Lipinski definition) is 6. The van der Waals surface area contributed by atoms with Crippen LogP contribution in [0.15, 0.2) is 42.5 Å². The quantitative estimate of drug-likeness (QED) is 0.678. The van der Waals surface area contributed by atoms with Gasteiger partial charge in [-0.3, -0.25) is 19.3 Å². The lowest BCUT2D eigenvalue weighted by Gasteiger charge is -2.22. The van der Waals surface area contributed by atoms with E-state index in [0.29, 0.717) is 27.9 Å². The number of imide groups is 1. The van der Waals surface area contributed by atoms with E-state index in [0.717, 1.165) is 4.90 Å². The van der Waals surface area contributed by atoms with Gasteiger partial charge in [-0.2, -0.15) is 0 Å². The molecule has 1 aliphatic heterocycles. The Kier molecular flexibility index (Phi) is 6.59. The minimum atomic E-state index is -0.748. The molecule has 1 atom stereocenters. The van der Waals surface area contributed by atoms with Crippen LogP contribution in [0.5, 0.6) is 11.5 Å². The van der Waals surface area contributed by atoms with E-state index in [-0.39, 0.29) is 24.8 Å². The molecule has 0 saturated carbocycles. The number of methoxy groups -OCH3 is 2. The van der Waals surface area contributed by atoms with E-state index in [1.165, 1.54) is 14.2 Å². The number of nitrogens with one attached hydrogen (secondary N) is 1. The fourth-order valence-electron chi connectivity index (χ4n) is 3.28. The molecule has 2 aromatic carbocycles. The summed E-state index contributed by atoms with van der Waals surface area (Å²) in [5.74, 6) is -0.192. The molecule has 0 aromatic heterocycles. The Balaban J connectivity index is 1.71. The van der Waals surface area contributed by atoms with Gasteiger partial charge >= 0.3 is 0 Å². The molecule has 0 unspecified atom stereocenters. The number of benzene rings is 2. The Bertz CT molecular complexity index is 981. The van der Waals surface area contributed by atoms with Crippen LogP contribution in [-0.2, 0) is 14.4 Å². The van der Waals surface area contributed by atoms with Gasteiger partial charge in [0, 0.05) is 6.07 Å². The zero-order valence-corrected chi connectivity index (χ0v) is 17.6. The van der Waals surface area contributed by atoms with Crippen LogP contribution in [0, 0.1) is 0 Å². The van der Waals surface area contributed by atoms with Crippen LogP contribution in [0.25, 0.3) is 0 Å². The van der Waals surface area contributed by atoms with Crippen molar-refractivity contribution in [1.29, 1.82) is 0 Å². The molecule has 0 spiro atoms. The number of hydrogen-bond donors (Lipinski definition) is 1. The molecule has 3 rings (SSSR count). The van der Waals surface area contributed by atoms with Gasteiger partial charge in [0.1, 0.15) is 0 Å². The fourth-order valence-corrected chi connectivity index (χ4v) is 3.47. The van der Waals surface area contributed by atoms with Crippen molar-refractivity contribution >= 4 is 40.7 Å². The second-order valence-corrected chi connectivity index (χ2v) is 7.18. The van der Waals surface area contributed by atoms with Crippen LogP contribution in [0.1, 0.15) is 6.42 Å². The second kappa shape index (κ2) is 9.15. The van der Waals surface area contributed by atoms with Crippen LogP contribution < -0.4 is 19.7 Å². The van der Waals surface area contributed by atoms with Crippen molar-refractivity contribution in [3.63, 3.8) is 0 Å². The first-order valence-electron chi connectivity index (χ1n) is 9.19. The van der Waals surface area contributed by atoms with Gasteiger partial charge in [0.2, 0.25) is 11.8 Å². The number of carbonyl (C=O) groups is 3. The van der Waals surface area contributed by atoms with E-state index in [2.05, 4.69) is 5.32 Å². The molecule has 0 bridgehead atoms. The minimum Gasteiger partial charge on any atom is -0.493 e. The number of amides is 3. The number of likely N-dealkylation sites (N-methyl/N-ethyl adjacent to an activating group) is 1. The van der Waals surface area contributed by atoms with Crippen molar-refractivity contribution < 1.29 is 23.9 Å². The van der Waals surface area contributed by atoms with E-state index >= 15 is 0 Å². The summed E-state index contributed by atoms with van der Waals surface area (Å²) >= 11 is 6.05. The Morgan fingerprint density at radius 3 is 2.53 bits per heavy atom. The average molecular weight is 432 g/mol. The maximum absolute atomic E-state index is 12.9. The highest BCUT2D eigenvalue weighted by atomic mass is 35.5. The first-order chi connectivity index (χ1) is 14.3. The van der Waals surface area contributed by atoms with Gasteiger partial charge in [0.15, 0.2) is 11.5 Å². The van der Waals surface area contributed by atoms with E-state index in [1.54, 1.807) is 54.4 Å². The Morgan fingerprint density at radius 2 is 1.87 bits per heavy atom. The number of carbonyl (C=O) groups excluding carboxylic acids is 3. The van der Waals surface area contributed by atoms with Crippen molar-refractivity contribution in [1.82, 2.24) is 4.90 Å². The predicted octanol–water partition coefficient (Wildman–Crippen LogP) is 2.56. The fraction of sp³-hybridized carbons (Fsp3) is 0.286. The highest BCUT2D eigenvalue weighted by molar-refractivity contribution is 6.33. The van der Waals surface area contributed by atoms with Crippen LogP contribution in [0.2, 0.25) is 5.02 Å². The van der Waals surface area contributed by atoms with E-state index < -0.39 is 11.9 Å². The molecule has 1 heterocycles. The zero-order valence-electron chi connectivity index (χ0n) is 16.8. The summed E-state index contributed by atoms with van der Waals surface area (Å²) in [6.07, 6.45) is -0.0248. The standard InChI is InChI=1S/C21H22ClN3O5/c1-24(12-19(26)23-15-7-5-4-6-14(15)22)16-11-20(27)25(21(16)28)13-8-9-17(29-2)18(10-13)30-3/h4-10,16H,11-12H2,1-3H3,(H,23,26)/t16-/m1/s1.